The van der Waals surface area contributed by atoms with Crippen LogP contribution in [0.3, 0.4) is 0 Å². The van der Waals surface area contributed by atoms with Gasteiger partial charge >= 0.3 is 0 Å². The summed E-state index contributed by atoms with van der Waals surface area (Å²) in [6, 6.07) is 5.44. The second kappa shape index (κ2) is 6.36. The van der Waals surface area contributed by atoms with Crippen LogP contribution in [0, 0.1) is 5.92 Å². The predicted molar refractivity (Wildman–Crippen MR) is 72.8 cm³/mol. The second-order valence-corrected chi connectivity index (χ2v) is 4.60. The van der Waals surface area contributed by atoms with Crippen LogP contribution in [0.2, 0.25) is 0 Å². The van der Waals surface area contributed by atoms with Gasteiger partial charge in [0.15, 0.2) is 11.5 Å². The van der Waals surface area contributed by atoms with Gasteiger partial charge in [0.2, 0.25) is 0 Å². The lowest BCUT2D eigenvalue weighted by Crippen LogP contribution is -2.25. The fourth-order valence-corrected chi connectivity index (χ4v) is 2.32. The molecule has 0 heterocycles. The standard InChI is InChI=1S/C15H20O4/c1-9(15(10(2)16)11(3)17)12-6-7-13(18-4)14(8-12)19-5/h6-9,15H,1-5H3. The Morgan fingerprint density at radius 1 is 1.00 bits per heavy atom. The van der Waals surface area contributed by atoms with Gasteiger partial charge in [-0.1, -0.05) is 13.0 Å². The third-order valence-electron chi connectivity index (χ3n) is 3.31. The number of hydrogen-bond donors (Lipinski definition) is 0. The maximum atomic E-state index is 11.6. The number of ketones is 2. The zero-order chi connectivity index (χ0) is 14.6. The number of Topliss-reactive ketones (excluding diaryl/α,β-unsaturated/α-hetero) is 2. The van der Waals surface area contributed by atoms with Crippen molar-refractivity contribution in [1.29, 1.82) is 0 Å². The van der Waals surface area contributed by atoms with E-state index >= 15 is 0 Å². The summed E-state index contributed by atoms with van der Waals surface area (Å²) in [6.07, 6.45) is 0. The lowest BCUT2D eigenvalue weighted by atomic mass is 9.82. The summed E-state index contributed by atoms with van der Waals surface area (Å²) in [5.41, 5.74) is 0.882. The fourth-order valence-electron chi connectivity index (χ4n) is 2.32. The van der Waals surface area contributed by atoms with E-state index in [4.69, 9.17) is 9.47 Å². The molecule has 1 aromatic rings. The van der Waals surface area contributed by atoms with Gasteiger partial charge in [-0.25, -0.2) is 0 Å². The summed E-state index contributed by atoms with van der Waals surface area (Å²) in [5, 5.41) is 0. The third kappa shape index (κ3) is 3.34. The average Bonchev–Trinajstić information content (AvgIpc) is 2.36. The normalized spacial score (nSPS) is 12.1. The Morgan fingerprint density at radius 2 is 1.53 bits per heavy atom. The van der Waals surface area contributed by atoms with Crippen LogP contribution >= 0.6 is 0 Å². The Hall–Kier alpha value is -1.84. The van der Waals surface area contributed by atoms with Crippen LogP contribution < -0.4 is 9.47 Å². The third-order valence-corrected chi connectivity index (χ3v) is 3.31. The molecule has 0 fully saturated rings. The fraction of sp³-hybridized carbons (Fsp3) is 0.467. The van der Waals surface area contributed by atoms with Crippen molar-refractivity contribution < 1.29 is 19.1 Å². The molecule has 4 nitrogen and oxygen atoms in total. The van der Waals surface area contributed by atoms with E-state index in [2.05, 4.69) is 0 Å². The molecule has 0 aliphatic carbocycles. The molecule has 0 saturated heterocycles. The Kier molecular flexibility index (Phi) is 5.10. The van der Waals surface area contributed by atoms with Gasteiger partial charge in [0.05, 0.1) is 20.1 Å². The molecule has 0 aliphatic rings. The molecule has 0 spiro atoms. The molecule has 0 bridgehead atoms. The average molecular weight is 264 g/mol. The molecule has 0 radical (unpaired) electrons. The largest absolute Gasteiger partial charge is 0.493 e. The van der Waals surface area contributed by atoms with Crippen molar-refractivity contribution in [3.05, 3.63) is 23.8 Å². The van der Waals surface area contributed by atoms with E-state index in [9.17, 15) is 9.59 Å². The Balaban J connectivity index is 3.15. The zero-order valence-corrected chi connectivity index (χ0v) is 12.0. The summed E-state index contributed by atoms with van der Waals surface area (Å²) >= 11 is 0. The maximum Gasteiger partial charge on any atom is 0.160 e. The van der Waals surface area contributed by atoms with E-state index in [-0.39, 0.29) is 17.5 Å². The monoisotopic (exact) mass is 264 g/mol. The van der Waals surface area contributed by atoms with E-state index in [1.165, 1.54) is 13.8 Å². The van der Waals surface area contributed by atoms with Crippen LogP contribution in [0.5, 0.6) is 11.5 Å². The molecule has 104 valence electrons. The van der Waals surface area contributed by atoms with Crippen molar-refractivity contribution in [2.45, 2.75) is 26.7 Å². The molecule has 0 amide bonds. The topological polar surface area (TPSA) is 52.6 Å². The van der Waals surface area contributed by atoms with Crippen LogP contribution in [0.15, 0.2) is 18.2 Å². The van der Waals surface area contributed by atoms with Crippen LogP contribution in [0.4, 0.5) is 0 Å². The van der Waals surface area contributed by atoms with Crippen LogP contribution in [-0.2, 0) is 9.59 Å². The molecule has 0 saturated carbocycles. The lowest BCUT2D eigenvalue weighted by Gasteiger charge is -2.20. The molecule has 1 unspecified atom stereocenters. The van der Waals surface area contributed by atoms with E-state index in [1.807, 2.05) is 19.1 Å². The van der Waals surface area contributed by atoms with Crippen molar-refractivity contribution in [3.63, 3.8) is 0 Å². The van der Waals surface area contributed by atoms with E-state index in [0.29, 0.717) is 11.5 Å². The first kappa shape index (κ1) is 15.2. The zero-order valence-electron chi connectivity index (χ0n) is 12.0. The van der Waals surface area contributed by atoms with Gasteiger partial charge in [-0.2, -0.15) is 0 Å². The summed E-state index contributed by atoms with van der Waals surface area (Å²) < 4.78 is 10.4. The number of hydrogen-bond acceptors (Lipinski definition) is 4. The van der Waals surface area contributed by atoms with Gasteiger partial charge in [0, 0.05) is 0 Å². The number of benzene rings is 1. The predicted octanol–water partition coefficient (Wildman–Crippen LogP) is 2.60. The minimum atomic E-state index is -0.613. The quantitative estimate of drug-likeness (QED) is 0.741. The Morgan fingerprint density at radius 3 is 1.95 bits per heavy atom. The molecule has 1 aromatic carbocycles. The molecule has 1 rings (SSSR count). The summed E-state index contributed by atoms with van der Waals surface area (Å²) in [4.78, 5) is 23.2. The number of ether oxygens (including phenoxy) is 2. The number of methoxy groups -OCH3 is 2. The summed E-state index contributed by atoms with van der Waals surface area (Å²) in [7, 11) is 3.12. The molecule has 0 aliphatic heterocycles. The minimum Gasteiger partial charge on any atom is -0.493 e. The SMILES string of the molecule is COc1ccc(C(C)C(C(C)=O)C(C)=O)cc1OC. The van der Waals surface area contributed by atoms with E-state index in [0.717, 1.165) is 5.56 Å². The molecule has 19 heavy (non-hydrogen) atoms. The van der Waals surface area contributed by atoms with Crippen LogP contribution in [0.1, 0.15) is 32.3 Å². The molecule has 1 atom stereocenters. The van der Waals surface area contributed by atoms with Crippen molar-refractivity contribution in [3.8, 4) is 11.5 Å². The van der Waals surface area contributed by atoms with Crippen LogP contribution in [-0.4, -0.2) is 25.8 Å². The minimum absolute atomic E-state index is 0.116. The van der Waals surface area contributed by atoms with Gasteiger partial charge in [0.1, 0.15) is 11.6 Å². The van der Waals surface area contributed by atoms with Gasteiger partial charge in [-0.3, -0.25) is 9.59 Å². The van der Waals surface area contributed by atoms with Crippen molar-refractivity contribution in [2.75, 3.05) is 14.2 Å². The summed E-state index contributed by atoms with van der Waals surface area (Å²) in [5.74, 6) is 0.191. The number of carbonyl (C=O) groups is 2. The van der Waals surface area contributed by atoms with E-state index in [1.54, 1.807) is 20.3 Å². The number of rotatable bonds is 6. The maximum absolute atomic E-state index is 11.6. The van der Waals surface area contributed by atoms with Crippen molar-refractivity contribution in [2.24, 2.45) is 5.92 Å². The molecule has 0 aromatic heterocycles. The highest BCUT2D eigenvalue weighted by Crippen LogP contribution is 2.33. The van der Waals surface area contributed by atoms with Gasteiger partial charge in [-0.05, 0) is 37.5 Å². The molecule has 0 N–H and O–H groups in total. The Labute approximate surface area is 113 Å². The van der Waals surface area contributed by atoms with Crippen LogP contribution in [0.25, 0.3) is 0 Å². The number of carbonyl (C=O) groups excluding carboxylic acids is 2. The summed E-state index contributed by atoms with van der Waals surface area (Å²) in [6.45, 7) is 4.77. The van der Waals surface area contributed by atoms with Crippen molar-refractivity contribution in [1.82, 2.24) is 0 Å². The second-order valence-electron chi connectivity index (χ2n) is 4.60. The first-order valence-electron chi connectivity index (χ1n) is 6.15. The van der Waals surface area contributed by atoms with Crippen molar-refractivity contribution >= 4 is 11.6 Å². The smallest absolute Gasteiger partial charge is 0.160 e. The molecular weight excluding hydrogens is 244 g/mol. The van der Waals surface area contributed by atoms with Gasteiger partial charge in [-0.15, -0.1) is 0 Å². The highest BCUT2D eigenvalue weighted by Gasteiger charge is 2.28. The molecular formula is C15H20O4. The van der Waals surface area contributed by atoms with E-state index < -0.39 is 5.92 Å². The lowest BCUT2D eigenvalue weighted by molar-refractivity contribution is -0.131. The van der Waals surface area contributed by atoms with Gasteiger partial charge < -0.3 is 9.47 Å². The highest BCUT2D eigenvalue weighted by molar-refractivity contribution is 6.01. The first-order chi connectivity index (χ1) is 8.92. The highest BCUT2D eigenvalue weighted by atomic mass is 16.5. The molecule has 4 heteroatoms. The first-order valence-corrected chi connectivity index (χ1v) is 6.15. The Bertz CT molecular complexity index is 465. The van der Waals surface area contributed by atoms with Gasteiger partial charge in [0.25, 0.3) is 0 Å².